The van der Waals surface area contributed by atoms with E-state index in [0.717, 1.165) is 19.3 Å². The maximum absolute atomic E-state index is 9.69. The highest BCUT2D eigenvalue weighted by Gasteiger charge is 2.25. The van der Waals surface area contributed by atoms with Crippen LogP contribution in [-0.2, 0) is 0 Å². The molecule has 0 saturated heterocycles. The normalized spacial score (nSPS) is 26.8. The van der Waals surface area contributed by atoms with Gasteiger partial charge in [0.1, 0.15) is 0 Å². The summed E-state index contributed by atoms with van der Waals surface area (Å²) in [6.07, 6.45) is 2.93. The minimum absolute atomic E-state index is 0.184. The van der Waals surface area contributed by atoms with Crippen molar-refractivity contribution in [2.24, 2.45) is 0 Å². The molecule has 0 amide bonds. The van der Waals surface area contributed by atoms with Crippen LogP contribution in [0, 0.1) is 13.8 Å². The highest BCUT2D eigenvalue weighted by Crippen LogP contribution is 2.20. The maximum Gasteiger partial charge on any atom is 0.0756 e. The Morgan fingerprint density at radius 2 is 1.93 bits per heavy atom. The zero-order chi connectivity index (χ0) is 10.1. The van der Waals surface area contributed by atoms with Crippen LogP contribution < -0.4 is 5.43 Å². The first-order valence-corrected chi connectivity index (χ1v) is 5.28. The molecule has 1 aliphatic rings. The van der Waals surface area contributed by atoms with E-state index >= 15 is 0 Å². The lowest BCUT2D eigenvalue weighted by Gasteiger charge is -2.21. The van der Waals surface area contributed by atoms with E-state index in [0.29, 0.717) is 0 Å². The Hall–Kier alpha value is -0.960. The van der Waals surface area contributed by atoms with E-state index < -0.39 is 0 Å². The van der Waals surface area contributed by atoms with Gasteiger partial charge in [-0.3, -0.25) is 4.68 Å². The molecule has 0 radical (unpaired) electrons. The molecule has 0 aliphatic heterocycles. The molecule has 1 heterocycles. The summed E-state index contributed by atoms with van der Waals surface area (Å²) in [6.45, 7) is 4.14. The van der Waals surface area contributed by atoms with Gasteiger partial charge in [-0.2, -0.15) is 0 Å². The fourth-order valence-electron chi connectivity index (χ4n) is 2.13. The second-order valence-electron chi connectivity index (χ2n) is 4.19. The molecule has 2 N–H and O–H groups in total. The molecule has 0 bridgehead atoms. The van der Waals surface area contributed by atoms with Gasteiger partial charge in [-0.15, -0.1) is 0 Å². The minimum Gasteiger partial charge on any atom is -0.391 e. The summed E-state index contributed by atoms with van der Waals surface area (Å²) in [5.41, 5.74) is 5.77. The minimum atomic E-state index is -0.184. The Morgan fingerprint density at radius 3 is 2.43 bits per heavy atom. The first-order valence-electron chi connectivity index (χ1n) is 5.28. The van der Waals surface area contributed by atoms with E-state index in [-0.39, 0.29) is 12.1 Å². The standard InChI is InChI=1S/C11H18N2O/c1-8-6-7-9(2)13(8)12-10-4-3-5-11(10)14/h6-7,10-12,14H,3-5H2,1-2H3/t10-,11-/m1/s1. The number of rotatable bonds is 2. The van der Waals surface area contributed by atoms with Crippen LogP contribution in [0.2, 0.25) is 0 Å². The van der Waals surface area contributed by atoms with E-state index in [2.05, 4.69) is 36.1 Å². The summed E-state index contributed by atoms with van der Waals surface area (Å²) in [5, 5.41) is 9.69. The summed E-state index contributed by atoms with van der Waals surface area (Å²) in [6, 6.07) is 4.40. The molecule has 1 aliphatic carbocycles. The van der Waals surface area contributed by atoms with Crippen molar-refractivity contribution in [3.63, 3.8) is 0 Å². The van der Waals surface area contributed by atoms with E-state index in [4.69, 9.17) is 0 Å². The molecule has 1 aromatic heterocycles. The van der Waals surface area contributed by atoms with Gasteiger partial charge in [0.2, 0.25) is 0 Å². The number of nitrogens with one attached hydrogen (secondary N) is 1. The molecule has 0 unspecified atom stereocenters. The van der Waals surface area contributed by atoms with Crippen LogP contribution in [0.1, 0.15) is 30.7 Å². The second kappa shape index (κ2) is 3.65. The zero-order valence-electron chi connectivity index (χ0n) is 8.83. The van der Waals surface area contributed by atoms with Gasteiger partial charge < -0.3 is 10.5 Å². The van der Waals surface area contributed by atoms with Gasteiger partial charge >= 0.3 is 0 Å². The number of nitrogens with zero attached hydrogens (tertiary/aromatic N) is 1. The molecule has 78 valence electrons. The molecule has 0 aromatic carbocycles. The lowest BCUT2D eigenvalue weighted by atomic mass is 10.2. The van der Waals surface area contributed by atoms with E-state index in [9.17, 15) is 5.11 Å². The average molecular weight is 194 g/mol. The van der Waals surface area contributed by atoms with Crippen molar-refractivity contribution in [2.75, 3.05) is 5.43 Å². The van der Waals surface area contributed by atoms with Crippen LogP contribution in [0.3, 0.4) is 0 Å². The summed E-state index contributed by atoms with van der Waals surface area (Å²) in [4.78, 5) is 0. The number of hydrogen-bond acceptors (Lipinski definition) is 2. The van der Waals surface area contributed by atoms with Crippen LogP contribution in [-0.4, -0.2) is 21.9 Å². The van der Waals surface area contributed by atoms with Crippen molar-refractivity contribution in [1.82, 2.24) is 4.68 Å². The molecule has 2 atom stereocenters. The first kappa shape index (κ1) is 9.59. The Morgan fingerprint density at radius 1 is 1.29 bits per heavy atom. The van der Waals surface area contributed by atoms with Crippen LogP contribution in [0.15, 0.2) is 12.1 Å². The molecule has 14 heavy (non-hydrogen) atoms. The van der Waals surface area contributed by atoms with Crippen molar-refractivity contribution >= 4 is 0 Å². The summed E-state index contributed by atoms with van der Waals surface area (Å²) >= 11 is 0. The lowest BCUT2D eigenvalue weighted by molar-refractivity contribution is 0.167. The molecule has 2 rings (SSSR count). The summed E-state index contributed by atoms with van der Waals surface area (Å²) < 4.78 is 2.07. The van der Waals surface area contributed by atoms with E-state index in [1.54, 1.807) is 0 Å². The molecule has 1 aromatic rings. The molecule has 0 spiro atoms. The molecule has 1 fully saturated rings. The number of aliphatic hydroxyl groups is 1. The molecular weight excluding hydrogens is 176 g/mol. The molecular formula is C11H18N2O. The topological polar surface area (TPSA) is 37.2 Å². The average Bonchev–Trinajstić information content (AvgIpc) is 2.67. The summed E-state index contributed by atoms with van der Waals surface area (Å²) in [5.74, 6) is 0. The maximum atomic E-state index is 9.69. The third-order valence-corrected chi connectivity index (χ3v) is 3.05. The third kappa shape index (κ3) is 1.64. The van der Waals surface area contributed by atoms with Crippen molar-refractivity contribution < 1.29 is 5.11 Å². The van der Waals surface area contributed by atoms with Crippen LogP contribution >= 0.6 is 0 Å². The smallest absolute Gasteiger partial charge is 0.0756 e. The molecule has 3 heteroatoms. The van der Waals surface area contributed by atoms with Crippen molar-refractivity contribution in [3.8, 4) is 0 Å². The first-order chi connectivity index (χ1) is 6.68. The highest BCUT2D eigenvalue weighted by molar-refractivity contribution is 5.16. The monoisotopic (exact) mass is 194 g/mol. The number of aliphatic hydroxyl groups excluding tert-OH is 1. The fraction of sp³-hybridized carbons (Fsp3) is 0.636. The quantitative estimate of drug-likeness (QED) is 0.749. The van der Waals surface area contributed by atoms with Crippen LogP contribution in [0.25, 0.3) is 0 Å². The Balaban J connectivity index is 2.10. The van der Waals surface area contributed by atoms with E-state index in [1.165, 1.54) is 11.4 Å². The number of aromatic nitrogens is 1. The van der Waals surface area contributed by atoms with Gasteiger partial charge in [-0.25, -0.2) is 0 Å². The lowest BCUT2D eigenvalue weighted by Crippen LogP contribution is -2.35. The van der Waals surface area contributed by atoms with Crippen molar-refractivity contribution in [3.05, 3.63) is 23.5 Å². The third-order valence-electron chi connectivity index (χ3n) is 3.05. The molecule has 1 saturated carbocycles. The Labute approximate surface area is 84.7 Å². The molecule has 3 nitrogen and oxygen atoms in total. The number of aryl methyl sites for hydroxylation is 2. The SMILES string of the molecule is Cc1ccc(C)n1N[C@@H]1CCC[C@H]1O. The van der Waals surface area contributed by atoms with Gasteiger partial charge in [0.15, 0.2) is 0 Å². The highest BCUT2D eigenvalue weighted by atomic mass is 16.3. The number of hydrogen-bond donors (Lipinski definition) is 2. The van der Waals surface area contributed by atoms with Gasteiger partial charge in [0.05, 0.1) is 12.1 Å². The van der Waals surface area contributed by atoms with Crippen LogP contribution in [0.4, 0.5) is 0 Å². The van der Waals surface area contributed by atoms with E-state index in [1.807, 2.05) is 0 Å². The predicted octanol–water partition coefficient (Wildman–Crippen LogP) is 1.56. The Bertz CT molecular complexity index is 300. The van der Waals surface area contributed by atoms with Crippen molar-refractivity contribution in [2.45, 2.75) is 45.3 Å². The van der Waals surface area contributed by atoms with Gasteiger partial charge in [-0.05, 0) is 45.2 Å². The summed E-state index contributed by atoms with van der Waals surface area (Å²) in [7, 11) is 0. The van der Waals surface area contributed by atoms with Gasteiger partial charge in [0.25, 0.3) is 0 Å². The fourth-order valence-corrected chi connectivity index (χ4v) is 2.13. The van der Waals surface area contributed by atoms with Gasteiger partial charge in [-0.1, -0.05) is 0 Å². The van der Waals surface area contributed by atoms with Gasteiger partial charge in [0, 0.05) is 11.4 Å². The predicted molar refractivity (Wildman–Crippen MR) is 56.9 cm³/mol. The van der Waals surface area contributed by atoms with Crippen molar-refractivity contribution in [1.29, 1.82) is 0 Å². The zero-order valence-corrected chi connectivity index (χ0v) is 8.83. The largest absolute Gasteiger partial charge is 0.391 e. The Kier molecular flexibility index (Phi) is 2.50. The second-order valence-corrected chi connectivity index (χ2v) is 4.19. The van der Waals surface area contributed by atoms with Crippen LogP contribution in [0.5, 0.6) is 0 Å².